The Hall–Kier alpha value is -1.57. The summed E-state index contributed by atoms with van der Waals surface area (Å²) in [6.07, 6.45) is 5.89. The average molecular weight is 229 g/mol. The molecule has 1 aromatic carbocycles. The van der Waals surface area contributed by atoms with Gasteiger partial charge >= 0.3 is 0 Å². The maximum Gasteiger partial charge on any atom is 0.0821 e. The van der Waals surface area contributed by atoms with Gasteiger partial charge in [0, 0.05) is 11.6 Å². The Bertz CT molecular complexity index is 605. The molecule has 2 aromatic rings. The molecule has 1 nitrogen and oxygen atoms in total. The summed E-state index contributed by atoms with van der Waals surface area (Å²) in [6.45, 7) is 4.37. The van der Waals surface area contributed by atoms with Gasteiger partial charge in [-0.05, 0) is 41.5 Å². The Morgan fingerprint density at radius 2 is 2.12 bits per heavy atom. The second-order valence-electron chi connectivity index (χ2n) is 5.10. The fourth-order valence-corrected chi connectivity index (χ4v) is 2.76. The average Bonchev–Trinajstić information content (AvgIpc) is 2.61. The summed E-state index contributed by atoms with van der Waals surface area (Å²) in [4.78, 5) is 0.756. The number of benzene rings is 1. The molecule has 0 atom stereocenters. The van der Waals surface area contributed by atoms with Crippen molar-refractivity contribution in [3.63, 3.8) is 0 Å². The number of hydrogen-bond donors (Lipinski definition) is 0. The van der Waals surface area contributed by atoms with Crippen LogP contribution in [0.15, 0.2) is 30.5 Å². The summed E-state index contributed by atoms with van der Waals surface area (Å²) in [5.74, 6) is 0.536. The van der Waals surface area contributed by atoms with E-state index in [1.165, 1.54) is 11.1 Å². The van der Waals surface area contributed by atoms with Gasteiger partial charge < -0.3 is 0 Å². The smallest absolute Gasteiger partial charge is 0.0821 e. The monoisotopic (exact) mass is 229 g/mol. The van der Waals surface area contributed by atoms with Crippen LogP contribution >= 0.6 is 0 Å². The molecule has 0 saturated heterocycles. The van der Waals surface area contributed by atoms with E-state index in [0.29, 0.717) is 11.4 Å². The van der Waals surface area contributed by atoms with Gasteiger partial charge in [0.25, 0.3) is 0 Å². The van der Waals surface area contributed by atoms with Crippen LogP contribution in [0.1, 0.15) is 31.4 Å². The van der Waals surface area contributed by atoms with E-state index in [9.17, 15) is 4.48 Å². The first-order valence-electron chi connectivity index (χ1n) is 6.17. The third kappa shape index (κ3) is 1.59. The fourth-order valence-electron chi connectivity index (χ4n) is 2.76. The van der Waals surface area contributed by atoms with Crippen molar-refractivity contribution < 1.29 is 4.48 Å². The third-order valence-electron chi connectivity index (χ3n) is 3.41. The van der Waals surface area contributed by atoms with Gasteiger partial charge in [0.1, 0.15) is 0 Å². The molecule has 0 saturated carbocycles. The number of rotatable bonds is 1. The Labute approximate surface area is 100 Å². The SMILES string of the molecule is CC(C)/C=C1\CCc2cn(F)c3cccc1c23. The fraction of sp³-hybridized carbons (Fsp3) is 0.333. The van der Waals surface area contributed by atoms with E-state index in [-0.39, 0.29) is 0 Å². The van der Waals surface area contributed by atoms with E-state index in [0.717, 1.165) is 28.6 Å². The van der Waals surface area contributed by atoms with Gasteiger partial charge in [-0.15, -0.1) is 0 Å². The molecule has 0 amide bonds. The molecule has 0 radical (unpaired) electrons. The van der Waals surface area contributed by atoms with Crippen LogP contribution in [0.2, 0.25) is 0 Å². The third-order valence-corrected chi connectivity index (χ3v) is 3.41. The van der Waals surface area contributed by atoms with Gasteiger partial charge in [0.05, 0.1) is 5.52 Å². The molecule has 3 rings (SSSR count). The van der Waals surface area contributed by atoms with Crippen LogP contribution in [-0.2, 0) is 6.42 Å². The number of aryl methyl sites for hydroxylation is 1. The highest BCUT2D eigenvalue weighted by atomic mass is 19.2. The number of halogens is 1. The van der Waals surface area contributed by atoms with Crippen LogP contribution in [-0.4, -0.2) is 4.79 Å². The zero-order chi connectivity index (χ0) is 12.0. The van der Waals surface area contributed by atoms with Crippen LogP contribution < -0.4 is 0 Å². The molecule has 0 fully saturated rings. The first-order chi connectivity index (χ1) is 8.16. The summed E-state index contributed by atoms with van der Waals surface area (Å²) < 4.78 is 13.7. The summed E-state index contributed by atoms with van der Waals surface area (Å²) in [5, 5.41) is 1.10. The summed E-state index contributed by atoms with van der Waals surface area (Å²) in [7, 11) is 0. The highest BCUT2D eigenvalue weighted by Crippen LogP contribution is 2.37. The lowest BCUT2D eigenvalue weighted by Gasteiger charge is -2.17. The minimum Gasteiger partial charge on any atom is -0.186 e. The largest absolute Gasteiger partial charge is 0.186 e. The molecule has 0 aliphatic heterocycles. The molecular weight excluding hydrogens is 213 g/mol. The van der Waals surface area contributed by atoms with Crippen molar-refractivity contribution in [2.75, 3.05) is 0 Å². The summed E-state index contributed by atoms with van der Waals surface area (Å²) in [6, 6.07) is 5.90. The van der Waals surface area contributed by atoms with Crippen LogP contribution in [0.3, 0.4) is 0 Å². The molecule has 88 valence electrons. The van der Waals surface area contributed by atoms with Gasteiger partial charge in [0.15, 0.2) is 0 Å². The first-order valence-corrected chi connectivity index (χ1v) is 6.17. The van der Waals surface area contributed by atoms with Gasteiger partial charge in [-0.3, -0.25) is 0 Å². The van der Waals surface area contributed by atoms with E-state index in [1.54, 1.807) is 6.20 Å². The Morgan fingerprint density at radius 1 is 1.29 bits per heavy atom. The highest BCUT2D eigenvalue weighted by Gasteiger charge is 2.19. The van der Waals surface area contributed by atoms with Crippen molar-refractivity contribution in [3.05, 3.63) is 41.6 Å². The minimum atomic E-state index is 0.536. The highest BCUT2D eigenvalue weighted by molar-refractivity contribution is 5.97. The van der Waals surface area contributed by atoms with Crippen LogP contribution in [0.25, 0.3) is 16.5 Å². The molecule has 0 spiro atoms. The number of aromatic nitrogens is 1. The number of hydrogen-bond acceptors (Lipinski definition) is 0. The minimum absolute atomic E-state index is 0.536. The van der Waals surface area contributed by atoms with E-state index in [4.69, 9.17) is 0 Å². The van der Waals surface area contributed by atoms with E-state index < -0.39 is 0 Å². The molecule has 0 bridgehead atoms. The van der Waals surface area contributed by atoms with Gasteiger partial charge in [-0.1, -0.05) is 36.5 Å². The normalized spacial score (nSPS) is 17.3. The van der Waals surface area contributed by atoms with Gasteiger partial charge in [-0.2, -0.15) is 4.79 Å². The lowest BCUT2D eigenvalue weighted by molar-refractivity contribution is 0.387. The lowest BCUT2D eigenvalue weighted by atomic mass is 9.87. The molecular formula is C15H16FN. The molecule has 1 aliphatic rings. The predicted molar refractivity (Wildman–Crippen MR) is 69.6 cm³/mol. The molecule has 1 heterocycles. The molecule has 0 unspecified atom stereocenters. The Balaban J connectivity index is 2.30. The zero-order valence-electron chi connectivity index (χ0n) is 10.2. The summed E-state index contributed by atoms with van der Waals surface area (Å²) >= 11 is 0. The maximum absolute atomic E-state index is 13.7. The Kier molecular flexibility index (Phi) is 2.32. The Morgan fingerprint density at radius 3 is 2.88 bits per heavy atom. The molecule has 1 aromatic heterocycles. The maximum atomic E-state index is 13.7. The van der Waals surface area contributed by atoms with Crippen molar-refractivity contribution in [2.45, 2.75) is 26.7 Å². The van der Waals surface area contributed by atoms with Crippen molar-refractivity contribution in [3.8, 4) is 0 Å². The standard InChI is InChI=1S/C15H16FN/c1-10(2)8-11-6-7-12-9-17(16)14-5-3-4-13(11)15(12)14/h3-5,8-10H,6-7H2,1-2H3/b11-8+. The van der Waals surface area contributed by atoms with Gasteiger partial charge in [0.2, 0.25) is 0 Å². The van der Waals surface area contributed by atoms with Crippen molar-refractivity contribution in [2.24, 2.45) is 5.92 Å². The molecule has 17 heavy (non-hydrogen) atoms. The molecule has 0 N–H and O–H groups in total. The van der Waals surface area contributed by atoms with Crippen LogP contribution in [0.4, 0.5) is 4.48 Å². The van der Waals surface area contributed by atoms with Crippen molar-refractivity contribution in [1.82, 2.24) is 4.79 Å². The van der Waals surface area contributed by atoms with E-state index >= 15 is 0 Å². The zero-order valence-corrected chi connectivity index (χ0v) is 10.2. The lowest BCUT2D eigenvalue weighted by Crippen LogP contribution is -1.99. The first kappa shape index (κ1) is 10.6. The van der Waals surface area contributed by atoms with E-state index in [1.807, 2.05) is 12.1 Å². The second-order valence-corrected chi connectivity index (χ2v) is 5.10. The number of allylic oxidation sites excluding steroid dienone is 2. The quantitative estimate of drug-likeness (QED) is 0.684. The molecule has 1 aliphatic carbocycles. The summed E-state index contributed by atoms with van der Waals surface area (Å²) in [5.41, 5.74) is 4.42. The topological polar surface area (TPSA) is 4.93 Å². The number of nitrogens with zero attached hydrogens (tertiary/aromatic N) is 1. The van der Waals surface area contributed by atoms with Crippen molar-refractivity contribution >= 4 is 16.5 Å². The second kappa shape index (κ2) is 3.73. The van der Waals surface area contributed by atoms with Gasteiger partial charge in [-0.25, -0.2) is 0 Å². The van der Waals surface area contributed by atoms with Crippen molar-refractivity contribution in [1.29, 1.82) is 0 Å². The van der Waals surface area contributed by atoms with Crippen LogP contribution in [0.5, 0.6) is 0 Å². The van der Waals surface area contributed by atoms with E-state index in [2.05, 4.69) is 26.0 Å². The molecule has 2 heteroatoms. The van der Waals surface area contributed by atoms with Crippen LogP contribution in [0, 0.1) is 5.92 Å². The predicted octanol–water partition coefficient (Wildman–Crippen LogP) is 4.36.